The topological polar surface area (TPSA) is 47.6 Å². The van der Waals surface area contributed by atoms with Gasteiger partial charge in [-0.25, -0.2) is 0 Å². The average molecular weight is 360 g/mol. The molecule has 0 aliphatic carbocycles. The summed E-state index contributed by atoms with van der Waals surface area (Å²) < 4.78 is 11.4. The van der Waals surface area contributed by atoms with Gasteiger partial charge in [-0.15, -0.1) is 0 Å². The molecule has 0 fully saturated rings. The maximum Gasteiger partial charge on any atom is 0.251 e. The quantitative estimate of drug-likeness (QED) is 0.865. The van der Waals surface area contributed by atoms with Crippen molar-refractivity contribution in [2.45, 2.75) is 26.3 Å². The van der Waals surface area contributed by atoms with Gasteiger partial charge in [-0.05, 0) is 41.8 Å². The van der Waals surface area contributed by atoms with E-state index in [-0.39, 0.29) is 17.9 Å². The number of nitrogens with one attached hydrogen (secondary N) is 1. The third-order valence-electron chi connectivity index (χ3n) is 4.17. The van der Waals surface area contributed by atoms with Gasteiger partial charge in [0.1, 0.15) is 0 Å². The van der Waals surface area contributed by atoms with Crippen LogP contribution in [0.3, 0.4) is 0 Å². The summed E-state index contributed by atoms with van der Waals surface area (Å²) in [7, 11) is 0. The largest absolute Gasteiger partial charge is 0.490 e. The van der Waals surface area contributed by atoms with Gasteiger partial charge in [0.05, 0.1) is 19.3 Å². The van der Waals surface area contributed by atoms with Crippen molar-refractivity contribution in [2.75, 3.05) is 13.2 Å². The minimum atomic E-state index is -0.145. The normalized spacial score (nSPS) is 14.7. The third-order valence-corrected chi connectivity index (χ3v) is 4.41. The summed E-state index contributed by atoms with van der Waals surface area (Å²) in [6.07, 6.45) is 0.864. The number of benzene rings is 2. The summed E-state index contributed by atoms with van der Waals surface area (Å²) in [6, 6.07) is 12.7. The molecule has 2 aromatic carbocycles. The Labute approximate surface area is 153 Å². The summed E-state index contributed by atoms with van der Waals surface area (Å²) in [5, 5.41) is 3.65. The van der Waals surface area contributed by atoms with E-state index in [0.29, 0.717) is 23.8 Å². The number of hydrogen-bond acceptors (Lipinski definition) is 3. The number of halogens is 1. The molecule has 5 heteroatoms. The van der Waals surface area contributed by atoms with Crippen molar-refractivity contribution in [1.29, 1.82) is 0 Å². The van der Waals surface area contributed by atoms with E-state index in [2.05, 4.69) is 19.2 Å². The molecule has 0 saturated carbocycles. The Morgan fingerprint density at radius 1 is 1.08 bits per heavy atom. The number of ether oxygens (including phenoxy) is 2. The Morgan fingerprint density at radius 2 is 1.84 bits per heavy atom. The van der Waals surface area contributed by atoms with Crippen LogP contribution in [0.4, 0.5) is 0 Å². The second-order valence-electron chi connectivity index (χ2n) is 6.46. The zero-order valence-corrected chi connectivity index (χ0v) is 15.2. The monoisotopic (exact) mass is 359 g/mol. The van der Waals surface area contributed by atoms with E-state index in [1.165, 1.54) is 0 Å². The second kappa shape index (κ2) is 7.79. The Bertz CT molecular complexity index is 760. The van der Waals surface area contributed by atoms with E-state index in [9.17, 15) is 4.79 Å². The van der Waals surface area contributed by atoms with Crippen molar-refractivity contribution in [2.24, 2.45) is 5.92 Å². The van der Waals surface area contributed by atoms with Crippen molar-refractivity contribution in [3.05, 3.63) is 58.6 Å². The van der Waals surface area contributed by atoms with Crippen LogP contribution in [0.5, 0.6) is 11.5 Å². The third kappa shape index (κ3) is 4.26. The first-order valence-electron chi connectivity index (χ1n) is 8.50. The van der Waals surface area contributed by atoms with E-state index in [1.54, 1.807) is 24.3 Å². The average Bonchev–Trinajstić information content (AvgIpc) is 2.83. The molecular formula is C20H22ClNO3. The molecule has 1 heterocycles. The molecule has 0 bridgehead atoms. The standard InChI is InChI=1S/C20H22ClNO3/c1-13(2)19(22-20(23)15-5-3-6-16(21)11-15)14-7-8-17-18(12-14)25-10-4-9-24-17/h3,5-8,11-13,19H,4,9-10H2,1-2H3,(H,22,23)/t19-/m0/s1. The van der Waals surface area contributed by atoms with Crippen LogP contribution in [0.1, 0.15) is 42.2 Å². The molecule has 1 aliphatic heterocycles. The van der Waals surface area contributed by atoms with Crippen LogP contribution in [0.25, 0.3) is 0 Å². The van der Waals surface area contributed by atoms with Crippen LogP contribution in [0.2, 0.25) is 5.02 Å². The van der Waals surface area contributed by atoms with Crippen LogP contribution in [-0.4, -0.2) is 19.1 Å². The van der Waals surface area contributed by atoms with E-state index in [4.69, 9.17) is 21.1 Å². The SMILES string of the molecule is CC(C)[C@H](NC(=O)c1cccc(Cl)c1)c1ccc2c(c1)OCCCO2. The minimum Gasteiger partial charge on any atom is -0.490 e. The fourth-order valence-electron chi connectivity index (χ4n) is 2.86. The summed E-state index contributed by atoms with van der Waals surface area (Å²) in [6.45, 7) is 5.45. The number of fused-ring (bicyclic) bond motifs is 1. The summed E-state index contributed by atoms with van der Waals surface area (Å²) in [5.74, 6) is 1.56. The molecule has 0 unspecified atom stereocenters. The zero-order valence-electron chi connectivity index (χ0n) is 14.4. The molecule has 1 N–H and O–H groups in total. The maximum absolute atomic E-state index is 12.6. The molecule has 132 valence electrons. The van der Waals surface area contributed by atoms with Crippen molar-refractivity contribution in [3.8, 4) is 11.5 Å². The zero-order chi connectivity index (χ0) is 17.8. The molecule has 0 saturated heterocycles. The molecule has 4 nitrogen and oxygen atoms in total. The van der Waals surface area contributed by atoms with Crippen LogP contribution >= 0.6 is 11.6 Å². The Kier molecular flexibility index (Phi) is 5.49. The van der Waals surface area contributed by atoms with E-state index >= 15 is 0 Å². The molecular weight excluding hydrogens is 338 g/mol. The van der Waals surface area contributed by atoms with Gasteiger partial charge < -0.3 is 14.8 Å². The van der Waals surface area contributed by atoms with Gasteiger partial charge >= 0.3 is 0 Å². The first-order valence-corrected chi connectivity index (χ1v) is 8.88. The van der Waals surface area contributed by atoms with Crippen molar-refractivity contribution in [3.63, 3.8) is 0 Å². The van der Waals surface area contributed by atoms with Crippen molar-refractivity contribution >= 4 is 17.5 Å². The fourth-order valence-corrected chi connectivity index (χ4v) is 3.05. The number of amides is 1. The molecule has 1 atom stereocenters. The number of carbonyl (C=O) groups excluding carboxylic acids is 1. The van der Waals surface area contributed by atoms with E-state index in [0.717, 1.165) is 23.5 Å². The number of hydrogen-bond donors (Lipinski definition) is 1. The molecule has 2 aromatic rings. The Hall–Kier alpha value is -2.20. The predicted octanol–water partition coefficient (Wildman–Crippen LogP) is 4.63. The summed E-state index contributed by atoms with van der Waals surface area (Å²) in [5.41, 5.74) is 1.54. The summed E-state index contributed by atoms with van der Waals surface area (Å²) >= 11 is 5.99. The molecule has 0 radical (unpaired) electrons. The lowest BCUT2D eigenvalue weighted by molar-refractivity contribution is 0.0925. The Morgan fingerprint density at radius 3 is 2.56 bits per heavy atom. The van der Waals surface area contributed by atoms with Crippen LogP contribution in [0, 0.1) is 5.92 Å². The second-order valence-corrected chi connectivity index (χ2v) is 6.90. The number of rotatable bonds is 4. The lowest BCUT2D eigenvalue weighted by Gasteiger charge is -2.24. The highest BCUT2D eigenvalue weighted by Gasteiger charge is 2.21. The van der Waals surface area contributed by atoms with Gasteiger partial charge in [0.25, 0.3) is 5.91 Å². The first kappa shape index (κ1) is 17.6. The van der Waals surface area contributed by atoms with E-state index in [1.807, 2.05) is 18.2 Å². The lowest BCUT2D eigenvalue weighted by Crippen LogP contribution is -2.31. The highest BCUT2D eigenvalue weighted by molar-refractivity contribution is 6.30. The molecule has 25 heavy (non-hydrogen) atoms. The van der Waals surface area contributed by atoms with Gasteiger partial charge in [-0.2, -0.15) is 0 Å². The van der Waals surface area contributed by atoms with Gasteiger partial charge in [-0.3, -0.25) is 4.79 Å². The lowest BCUT2D eigenvalue weighted by atomic mass is 9.95. The molecule has 3 rings (SSSR count). The molecule has 0 aromatic heterocycles. The maximum atomic E-state index is 12.6. The number of carbonyl (C=O) groups is 1. The highest BCUT2D eigenvalue weighted by Crippen LogP contribution is 2.34. The fraction of sp³-hybridized carbons (Fsp3) is 0.350. The first-order chi connectivity index (χ1) is 12.0. The van der Waals surface area contributed by atoms with Crippen molar-refractivity contribution in [1.82, 2.24) is 5.32 Å². The van der Waals surface area contributed by atoms with Crippen molar-refractivity contribution < 1.29 is 14.3 Å². The van der Waals surface area contributed by atoms with Gasteiger partial charge in [0, 0.05) is 17.0 Å². The minimum absolute atomic E-state index is 0.136. The Balaban J connectivity index is 1.84. The summed E-state index contributed by atoms with van der Waals surface area (Å²) in [4.78, 5) is 12.6. The van der Waals surface area contributed by atoms with Gasteiger partial charge in [0.2, 0.25) is 0 Å². The highest BCUT2D eigenvalue weighted by atomic mass is 35.5. The molecule has 1 aliphatic rings. The molecule has 1 amide bonds. The van der Waals surface area contributed by atoms with Gasteiger partial charge in [0.15, 0.2) is 11.5 Å². The molecule has 0 spiro atoms. The van der Waals surface area contributed by atoms with Crippen LogP contribution < -0.4 is 14.8 Å². The van der Waals surface area contributed by atoms with Crippen LogP contribution in [0.15, 0.2) is 42.5 Å². The van der Waals surface area contributed by atoms with E-state index < -0.39 is 0 Å². The predicted molar refractivity (Wildman–Crippen MR) is 98.5 cm³/mol. The smallest absolute Gasteiger partial charge is 0.251 e. The van der Waals surface area contributed by atoms with Gasteiger partial charge in [-0.1, -0.05) is 37.6 Å². The van der Waals surface area contributed by atoms with Crippen LogP contribution in [-0.2, 0) is 0 Å².